The van der Waals surface area contributed by atoms with Crippen molar-refractivity contribution in [1.82, 2.24) is 4.98 Å². The number of rotatable bonds is 4. The highest BCUT2D eigenvalue weighted by Gasteiger charge is 2.18. The first-order valence-corrected chi connectivity index (χ1v) is 5.26. The first kappa shape index (κ1) is 13.1. The van der Waals surface area contributed by atoms with E-state index in [4.69, 9.17) is 9.84 Å². The number of hydrogen-bond donors (Lipinski definition) is 1. The number of aromatic nitrogens is 1. The largest absolute Gasteiger partial charge is 0.495 e. The second-order valence-electron chi connectivity index (χ2n) is 2.89. The van der Waals surface area contributed by atoms with E-state index in [0.717, 1.165) is 6.07 Å². The third kappa shape index (κ3) is 3.00. The number of halogens is 3. The maximum atomic E-state index is 12.5. The van der Waals surface area contributed by atoms with Crippen molar-refractivity contribution in [1.29, 1.82) is 0 Å². The molecule has 1 aromatic rings. The zero-order valence-corrected chi connectivity index (χ0v) is 10.4. The van der Waals surface area contributed by atoms with Crippen LogP contribution in [0.2, 0.25) is 0 Å². The van der Waals surface area contributed by atoms with Crippen molar-refractivity contribution in [2.24, 2.45) is 0 Å². The maximum absolute atomic E-state index is 12.5. The monoisotopic (exact) mass is 343 g/mol. The van der Waals surface area contributed by atoms with E-state index in [0.29, 0.717) is 0 Å². The highest BCUT2D eigenvalue weighted by molar-refractivity contribution is 14.1. The second-order valence-corrected chi connectivity index (χ2v) is 3.91. The summed E-state index contributed by atoms with van der Waals surface area (Å²) in [7, 11) is 1.28. The van der Waals surface area contributed by atoms with Gasteiger partial charge in [-0.05, 0) is 28.7 Å². The average molecular weight is 343 g/mol. The van der Waals surface area contributed by atoms with Gasteiger partial charge in [-0.25, -0.2) is 13.8 Å². The zero-order valence-electron chi connectivity index (χ0n) is 8.21. The first-order valence-electron chi connectivity index (χ1n) is 4.19. The summed E-state index contributed by atoms with van der Waals surface area (Å²) in [6, 6.07) is 1.12. The summed E-state index contributed by atoms with van der Waals surface area (Å²) >= 11 is 1.64. The fourth-order valence-electron chi connectivity index (χ4n) is 1.12. The SMILES string of the molecule is COc1cc(C(F)F)c(I)nc1CC(=O)O. The van der Waals surface area contributed by atoms with Crippen LogP contribution in [0.1, 0.15) is 17.7 Å². The standard InChI is InChI=1S/C9H8F2INO3/c1-16-6-2-4(8(10)11)9(12)13-5(6)3-7(14)15/h2,8H,3H2,1H3,(H,14,15). The smallest absolute Gasteiger partial charge is 0.309 e. The minimum atomic E-state index is -2.66. The van der Waals surface area contributed by atoms with Crippen LogP contribution < -0.4 is 4.74 Å². The molecule has 0 aromatic carbocycles. The summed E-state index contributed by atoms with van der Waals surface area (Å²) in [5.74, 6) is -1.02. The number of alkyl halides is 2. The Kier molecular flexibility index (Phi) is 4.39. The minimum absolute atomic E-state index is 0.0677. The van der Waals surface area contributed by atoms with E-state index in [9.17, 15) is 13.6 Å². The normalized spacial score (nSPS) is 10.6. The van der Waals surface area contributed by atoms with Gasteiger partial charge in [-0.15, -0.1) is 0 Å². The number of hydrogen-bond acceptors (Lipinski definition) is 3. The Morgan fingerprint density at radius 1 is 1.69 bits per heavy atom. The van der Waals surface area contributed by atoms with E-state index in [-0.39, 0.29) is 27.1 Å². The fourth-order valence-corrected chi connectivity index (χ4v) is 1.80. The van der Waals surface area contributed by atoms with Gasteiger partial charge in [0, 0.05) is 0 Å². The molecule has 0 amide bonds. The van der Waals surface area contributed by atoms with Crippen LogP contribution in [0.4, 0.5) is 8.78 Å². The van der Waals surface area contributed by atoms with Gasteiger partial charge in [-0.3, -0.25) is 4.79 Å². The van der Waals surface area contributed by atoms with Gasteiger partial charge in [0.1, 0.15) is 9.45 Å². The van der Waals surface area contributed by atoms with Gasteiger partial charge in [0.2, 0.25) is 0 Å². The molecule has 0 bridgehead atoms. The summed E-state index contributed by atoms with van der Waals surface area (Å²) in [5.41, 5.74) is -0.115. The molecule has 1 heterocycles. The minimum Gasteiger partial charge on any atom is -0.495 e. The molecule has 0 saturated carbocycles. The molecule has 0 fully saturated rings. The van der Waals surface area contributed by atoms with Crippen molar-refractivity contribution < 1.29 is 23.4 Å². The fraction of sp³-hybridized carbons (Fsp3) is 0.333. The van der Waals surface area contributed by atoms with Crippen LogP contribution in [0.25, 0.3) is 0 Å². The van der Waals surface area contributed by atoms with Gasteiger partial charge in [0.15, 0.2) is 0 Å². The Bertz CT molecular complexity index is 412. The van der Waals surface area contributed by atoms with Gasteiger partial charge in [-0.2, -0.15) is 0 Å². The van der Waals surface area contributed by atoms with E-state index in [2.05, 4.69) is 4.98 Å². The Morgan fingerprint density at radius 3 is 2.75 bits per heavy atom. The lowest BCUT2D eigenvalue weighted by Gasteiger charge is -2.10. The van der Waals surface area contributed by atoms with Crippen molar-refractivity contribution in [3.63, 3.8) is 0 Å². The third-order valence-electron chi connectivity index (χ3n) is 1.82. The van der Waals surface area contributed by atoms with E-state index >= 15 is 0 Å². The van der Waals surface area contributed by atoms with E-state index in [1.807, 2.05) is 0 Å². The number of methoxy groups -OCH3 is 1. The Labute approximate surface area is 104 Å². The Hall–Kier alpha value is -0.990. The Morgan fingerprint density at radius 2 is 2.31 bits per heavy atom. The number of ether oxygens (including phenoxy) is 1. The lowest BCUT2D eigenvalue weighted by Crippen LogP contribution is -2.07. The highest BCUT2D eigenvalue weighted by atomic mass is 127. The molecule has 4 nitrogen and oxygen atoms in total. The first-order chi connectivity index (χ1) is 7.45. The highest BCUT2D eigenvalue weighted by Crippen LogP contribution is 2.29. The van der Waals surface area contributed by atoms with Gasteiger partial charge < -0.3 is 9.84 Å². The maximum Gasteiger partial charge on any atom is 0.309 e. The lowest BCUT2D eigenvalue weighted by atomic mass is 10.2. The molecule has 0 saturated heterocycles. The van der Waals surface area contributed by atoms with Crippen molar-refractivity contribution in [2.75, 3.05) is 7.11 Å². The van der Waals surface area contributed by atoms with Crippen LogP contribution in [-0.4, -0.2) is 23.2 Å². The number of pyridine rings is 1. The van der Waals surface area contributed by atoms with Crippen molar-refractivity contribution in [3.05, 3.63) is 21.0 Å². The van der Waals surface area contributed by atoms with Crippen molar-refractivity contribution >= 4 is 28.6 Å². The molecule has 0 spiro atoms. The number of carboxylic acids is 1. The van der Waals surface area contributed by atoms with Crippen molar-refractivity contribution in [3.8, 4) is 5.75 Å². The summed E-state index contributed by atoms with van der Waals surface area (Å²) in [4.78, 5) is 14.3. The third-order valence-corrected chi connectivity index (χ3v) is 2.68. The summed E-state index contributed by atoms with van der Waals surface area (Å²) in [6.45, 7) is 0. The molecule has 1 aromatic heterocycles. The predicted molar refractivity (Wildman–Crippen MR) is 59.8 cm³/mol. The molecule has 1 rings (SSSR count). The van der Waals surface area contributed by atoms with Gasteiger partial charge in [0.25, 0.3) is 6.43 Å². The van der Waals surface area contributed by atoms with Crippen LogP contribution >= 0.6 is 22.6 Å². The molecular formula is C9H8F2INO3. The molecule has 0 radical (unpaired) electrons. The van der Waals surface area contributed by atoms with E-state index in [1.165, 1.54) is 7.11 Å². The quantitative estimate of drug-likeness (QED) is 0.673. The number of nitrogens with zero attached hydrogens (tertiary/aromatic N) is 1. The Balaban J connectivity index is 3.20. The number of carboxylic acid groups (broad SMARTS) is 1. The molecular weight excluding hydrogens is 335 g/mol. The van der Waals surface area contributed by atoms with Gasteiger partial charge in [-0.1, -0.05) is 0 Å². The molecule has 1 N–H and O–H groups in total. The molecule has 16 heavy (non-hydrogen) atoms. The average Bonchev–Trinajstić information content (AvgIpc) is 2.16. The molecule has 88 valence electrons. The van der Waals surface area contributed by atoms with Crippen LogP contribution in [-0.2, 0) is 11.2 Å². The predicted octanol–water partition coefficient (Wildman–Crippen LogP) is 2.26. The molecule has 0 unspecified atom stereocenters. The molecule has 0 atom stereocenters. The van der Waals surface area contributed by atoms with E-state index in [1.54, 1.807) is 22.6 Å². The number of aliphatic carboxylic acids is 1. The molecule has 0 aliphatic carbocycles. The zero-order chi connectivity index (χ0) is 12.3. The van der Waals surface area contributed by atoms with Crippen LogP contribution in [0.3, 0.4) is 0 Å². The van der Waals surface area contributed by atoms with Crippen LogP contribution in [0.5, 0.6) is 5.75 Å². The van der Waals surface area contributed by atoms with Gasteiger partial charge in [0.05, 0.1) is 24.8 Å². The van der Waals surface area contributed by atoms with Crippen molar-refractivity contribution in [2.45, 2.75) is 12.8 Å². The summed E-state index contributed by atoms with van der Waals surface area (Å²) in [5, 5.41) is 8.61. The van der Waals surface area contributed by atoms with Crippen LogP contribution in [0.15, 0.2) is 6.07 Å². The van der Waals surface area contributed by atoms with Crippen LogP contribution in [0, 0.1) is 3.70 Å². The van der Waals surface area contributed by atoms with E-state index < -0.39 is 12.4 Å². The second kappa shape index (κ2) is 5.37. The molecule has 7 heteroatoms. The lowest BCUT2D eigenvalue weighted by molar-refractivity contribution is -0.136. The molecule has 0 aliphatic heterocycles. The van der Waals surface area contributed by atoms with Gasteiger partial charge >= 0.3 is 5.97 Å². The topological polar surface area (TPSA) is 59.4 Å². The number of carbonyl (C=O) groups is 1. The summed E-state index contributed by atoms with van der Waals surface area (Å²) < 4.78 is 30.0. The molecule has 0 aliphatic rings. The summed E-state index contributed by atoms with van der Waals surface area (Å²) in [6.07, 6.45) is -3.02.